The summed E-state index contributed by atoms with van der Waals surface area (Å²) in [6, 6.07) is 0. The zero-order valence-corrected chi connectivity index (χ0v) is 5.83. The second-order valence-electron chi connectivity index (χ2n) is 2.62. The Kier molecular flexibility index (Phi) is 1.31. The van der Waals surface area contributed by atoms with Gasteiger partial charge in [-0.15, -0.1) is 0 Å². The second kappa shape index (κ2) is 1.72. The van der Waals surface area contributed by atoms with E-state index in [1.54, 1.807) is 0 Å². The van der Waals surface area contributed by atoms with Gasteiger partial charge in [-0.2, -0.15) is 0 Å². The number of rotatable bonds is 2. The van der Waals surface area contributed by atoms with Crippen LogP contribution in [-0.2, 0) is 9.73 Å². The lowest BCUT2D eigenvalue weighted by molar-refractivity contribution is 0.675. The van der Waals surface area contributed by atoms with E-state index in [2.05, 4.69) is 0 Å². The molecule has 2 nitrogen and oxygen atoms in total. The Morgan fingerprint density at radius 2 is 2.25 bits per heavy atom. The minimum Gasteiger partial charge on any atom is -0.253 e. The fraction of sp³-hybridized carbons (Fsp3) is 1.00. The summed E-state index contributed by atoms with van der Waals surface area (Å²) >= 11 is 0. The van der Waals surface area contributed by atoms with E-state index in [1.165, 1.54) is 19.1 Å². The van der Waals surface area contributed by atoms with Crippen molar-refractivity contribution < 1.29 is 4.21 Å². The summed E-state index contributed by atoms with van der Waals surface area (Å²) in [5, 5.41) is 0. The van der Waals surface area contributed by atoms with E-state index in [0.29, 0.717) is 11.7 Å². The molecule has 1 aliphatic rings. The van der Waals surface area contributed by atoms with Gasteiger partial charge in [-0.25, -0.2) is 0 Å². The zero-order valence-electron chi connectivity index (χ0n) is 5.02. The van der Waals surface area contributed by atoms with Crippen LogP contribution in [0.4, 0.5) is 0 Å². The molecule has 0 aromatic carbocycles. The first-order valence-electron chi connectivity index (χ1n) is 2.79. The third-order valence-corrected chi connectivity index (χ3v) is 2.36. The molecule has 0 radical (unpaired) electrons. The fourth-order valence-corrected chi connectivity index (χ4v) is 1.97. The van der Waals surface area contributed by atoms with Crippen LogP contribution in [0.15, 0.2) is 0 Å². The molecule has 0 heterocycles. The normalized spacial score (nSPS) is 27.1. The Bertz CT molecular complexity index is 167. The molecule has 1 fully saturated rings. The molecule has 0 bridgehead atoms. The second-order valence-corrected chi connectivity index (χ2v) is 4.96. The summed E-state index contributed by atoms with van der Waals surface area (Å²) in [4.78, 5) is 0. The van der Waals surface area contributed by atoms with Crippen molar-refractivity contribution in [2.24, 2.45) is 5.92 Å². The summed E-state index contributed by atoms with van der Waals surface area (Å²) < 4.78 is 17.7. The maximum atomic E-state index is 10.7. The lowest BCUT2D eigenvalue weighted by Crippen LogP contribution is -2.01. The monoisotopic (exact) mass is 133 g/mol. The van der Waals surface area contributed by atoms with Crippen molar-refractivity contribution in [1.82, 2.24) is 0 Å². The number of hydrogen-bond donors (Lipinski definition) is 1. The van der Waals surface area contributed by atoms with Crippen LogP contribution in [0.1, 0.15) is 12.8 Å². The Morgan fingerprint density at radius 1 is 1.75 bits per heavy atom. The van der Waals surface area contributed by atoms with Crippen molar-refractivity contribution in [2.75, 3.05) is 12.0 Å². The van der Waals surface area contributed by atoms with Crippen molar-refractivity contribution in [3.63, 3.8) is 0 Å². The summed E-state index contributed by atoms with van der Waals surface area (Å²) in [6.45, 7) is 0. The maximum absolute atomic E-state index is 10.7. The first kappa shape index (κ1) is 6.08. The van der Waals surface area contributed by atoms with Crippen molar-refractivity contribution in [1.29, 1.82) is 4.78 Å². The predicted molar refractivity (Wildman–Crippen MR) is 34.4 cm³/mol. The van der Waals surface area contributed by atoms with Gasteiger partial charge in [-0.3, -0.25) is 8.99 Å². The van der Waals surface area contributed by atoms with Crippen LogP contribution in [0, 0.1) is 10.7 Å². The van der Waals surface area contributed by atoms with Gasteiger partial charge in [0.1, 0.15) is 0 Å². The van der Waals surface area contributed by atoms with Crippen LogP contribution in [0.25, 0.3) is 0 Å². The van der Waals surface area contributed by atoms with E-state index in [4.69, 9.17) is 4.78 Å². The molecule has 3 heteroatoms. The first-order chi connectivity index (χ1) is 3.58. The molecule has 8 heavy (non-hydrogen) atoms. The molecule has 1 atom stereocenters. The van der Waals surface area contributed by atoms with Crippen molar-refractivity contribution >= 4 is 9.73 Å². The lowest BCUT2D eigenvalue weighted by atomic mass is 10.5. The van der Waals surface area contributed by atoms with Gasteiger partial charge in [0.15, 0.2) is 0 Å². The molecule has 0 aromatic rings. The van der Waals surface area contributed by atoms with Gasteiger partial charge >= 0.3 is 0 Å². The van der Waals surface area contributed by atoms with Gasteiger partial charge < -0.3 is 0 Å². The average Bonchev–Trinajstić information content (AvgIpc) is 2.12. The Hall–Kier alpha value is -0.0500. The first-order valence-corrected chi connectivity index (χ1v) is 4.93. The quantitative estimate of drug-likeness (QED) is 0.601. The van der Waals surface area contributed by atoms with Crippen LogP contribution in [0.5, 0.6) is 0 Å². The molecule has 1 saturated carbocycles. The Balaban J connectivity index is 2.38. The molecule has 0 aromatic heterocycles. The average molecular weight is 133 g/mol. The molecule has 0 amide bonds. The summed E-state index contributed by atoms with van der Waals surface area (Å²) in [6.07, 6.45) is 3.92. The minimum absolute atomic E-state index is 0.630. The molecular weight excluding hydrogens is 122 g/mol. The van der Waals surface area contributed by atoms with Crippen LogP contribution in [-0.4, -0.2) is 16.2 Å². The molecule has 1 aliphatic carbocycles. The maximum Gasteiger partial charge on any atom is 0.0415 e. The van der Waals surface area contributed by atoms with Crippen molar-refractivity contribution in [3.05, 3.63) is 0 Å². The molecule has 1 N–H and O–H groups in total. The van der Waals surface area contributed by atoms with Gasteiger partial charge in [0, 0.05) is 21.7 Å². The highest BCUT2D eigenvalue weighted by Gasteiger charge is 2.23. The van der Waals surface area contributed by atoms with Crippen LogP contribution in [0.3, 0.4) is 0 Å². The van der Waals surface area contributed by atoms with Gasteiger partial charge in [-0.05, 0) is 18.8 Å². The Morgan fingerprint density at radius 3 is 2.38 bits per heavy atom. The summed E-state index contributed by atoms with van der Waals surface area (Å²) in [5.74, 6) is 1.26. The smallest absolute Gasteiger partial charge is 0.0415 e. The van der Waals surface area contributed by atoms with E-state index in [0.717, 1.165) is 0 Å². The molecule has 48 valence electrons. The molecule has 1 unspecified atom stereocenters. The van der Waals surface area contributed by atoms with Crippen LogP contribution >= 0.6 is 0 Å². The lowest BCUT2D eigenvalue weighted by Gasteiger charge is -1.93. The van der Waals surface area contributed by atoms with Gasteiger partial charge in [-0.1, -0.05) is 0 Å². The van der Waals surface area contributed by atoms with E-state index >= 15 is 0 Å². The highest BCUT2D eigenvalue weighted by atomic mass is 32.2. The Labute approximate surface area is 50.3 Å². The predicted octanol–water partition coefficient (Wildman–Crippen LogP) is 1.07. The van der Waals surface area contributed by atoms with Crippen molar-refractivity contribution in [2.45, 2.75) is 12.8 Å². The summed E-state index contributed by atoms with van der Waals surface area (Å²) in [7, 11) is -2.16. The largest absolute Gasteiger partial charge is 0.253 e. The molecule has 0 spiro atoms. The highest BCUT2D eigenvalue weighted by Crippen LogP contribution is 2.29. The third-order valence-electron chi connectivity index (χ3n) is 1.25. The highest BCUT2D eigenvalue weighted by molar-refractivity contribution is 7.91. The zero-order chi connectivity index (χ0) is 6.20. The van der Waals surface area contributed by atoms with E-state index < -0.39 is 9.73 Å². The number of hydrogen-bond acceptors (Lipinski definition) is 2. The molecule has 1 rings (SSSR count). The van der Waals surface area contributed by atoms with Crippen molar-refractivity contribution in [3.8, 4) is 0 Å². The van der Waals surface area contributed by atoms with Gasteiger partial charge in [0.25, 0.3) is 0 Å². The summed E-state index contributed by atoms with van der Waals surface area (Å²) in [5.41, 5.74) is 0. The van der Waals surface area contributed by atoms with Crippen LogP contribution in [0.2, 0.25) is 0 Å². The van der Waals surface area contributed by atoms with Gasteiger partial charge in [0.05, 0.1) is 0 Å². The molecular formula is C5H11NOS. The van der Waals surface area contributed by atoms with E-state index in [1.807, 2.05) is 0 Å². The van der Waals surface area contributed by atoms with Crippen LogP contribution < -0.4 is 0 Å². The molecule has 0 aliphatic heterocycles. The van der Waals surface area contributed by atoms with Gasteiger partial charge in [0.2, 0.25) is 0 Å². The molecule has 0 saturated heterocycles. The van der Waals surface area contributed by atoms with E-state index in [9.17, 15) is 4.21 Å². The fourth-order valence-electron chi connectivity index (χ4n) is 0.734. The standard InChI is InChI=1S/C5H11NOS/c1-8(6,7)4-5-2-3-5/h5-6H,2-4H2,1H3. The third kappa shape index (κ3) is 2.31. The number of nitrogens with one attached hydrogen (secondary N) is 1. The minimum atomic E-state index is -2.16. The SMILES string of the molecule is CS(=N)(=O)CC1CC1. The van der Waals surface area contributed by atoms with E-state index in [-0.39, 0.29) is 0 Å². The topological polar surface area (TPSA) is 40.9 Å².